The monoisotopic (exact) mass is 292 g/mol. The third kappa shape index (κ3) is 6.79. The molecule has 3 N–H and O–H groups in total. The van der Waals surface area contributed by atoms with Crippen molar-refractivity contribution in [3.05, 3.63) is 29.8 Å². The number of amides is 2. The fourth-order valence-electron chi connectivity index (χ4n) is 1.99. The van der Waals surface area contributed by atoms with Gasteiger partial charge in [0.1, 0.15) is 5.75 Å². The number of benzene rings is 1. The first-order valence-corrected chi connectivity index (χ1v) is 7.52. The highest BCUT2D eigenvalue weighted by Gasteiger charge is 2.10. The van der Waals surface area contributed by atoms with Crippen molar-refractivity contribution in [2.75, 3.05) is 0 Å². The summed E-state index contributed by atoms with van der Waals surface area (Å²) in [5.41, 5.74) is 4.80. The van der Waals surface area contributed by atoms with Gasteiger partial charge in [0.05, 0.1) is 5.56 Å². The average molecular weight is 292 g/mol. The van der Waals surface area contributed by atoms with Crippen molar-refractivity contribution in [3.63, 3.8) is 0 Å². The van der Waals surface area contributed by atoms with Crippen LogP contribution in [0.15, 0.2) is 24.3 Å². The minimum Gasteiger partial charge on any atom is -0.507 e. The van der Waals surface area contributed by atoms with E-state index in [1.165, 1.54) is 31.4 Å². The summed E-state index contributed by atoms with van der Waals surface area (Å²) in [5.74, 6) is -0.848. The molecule has 0 aromatic heterocycles. The number of phenols is 1. The van der Waals surface area contributed by atoms with Crippen molar-refractivity contribution < 1.29 is 14.7 Å². The number of hydrazine groups is 1. The Labute approximate surface area is 125 Å². The number of aromatic hydroxyl groups is 1. The van der Waals surface area contributed by atoms with E-state index >= 15 is 0 Å². The van der Waals surface area contributed by atoms with Crippen LogP contribution in [-0.4, -0.2) is 16.9 Å². The van der Waals surface area contributed by atoms with Crippen LogP contribution in [-0.2, 0) is 4.79 Å². The standard InChI is InChI=1S/C16H24N2O3/c1-2-3-4-5-6-7-12-15(20)17-18-16(21)13-10-8-9-11-14(13)19/h8-11,19H,2-7,12H2,1H3,(H,17,20)(H,18,21). The first kappa shape index (κ1) is 17.0. The topological polar surface area (TPSA) is 78.4 Å². The second kappa shape index (κ2) is 9.80. The number of hydrogen-bond donors (Lipinski definition) is 3. The number of nitrogens with one attached hydrogen (secondary N) is 2. The lowest BCUT2D eigenvalue weighted by atomic mass is 10.1. The van der Waals surface area contributed by atoms with E-state index in [0.717, 1.165) is 19.3 Å². The van der Waals surface area contributed by atoms with E-state index in [4.69, 9.17) is 0 Å². The smallest absolute Gasteiger partial charge is 0.273 e. The van der Waals surface area contributed by atoms with Gasteiger partial charge in [-0.05, 0) is 18.6 Å². The number of rotatable bonds is 8. The minimum atomic E-state index is -0.524. The summed E-state index contributed by atoms with van der Waals surface area (Å²) in [6.07, 6.45) is 7.05. The molecule has 0 unspecified atom stereocenters. The van der Waals surface area contributed by atoms with Crippen molar-refractivity contribution in [3.8, 4) is 5.75 Å². The SMILES string of the molecule is CCCCCCCCC(=O)NNC(=O)c1ccccc1O. The molecule has 0 radical (unpaired) electrons. The molecule has 0 atom stereocenters. The number of para-hydroxylation sites is 1. The van der Waals surface area contributed by atoms with Crippen LogP contribution in [0.25, 0.3) is 0 Å². The third-order valence-corrected chi connectivity index (χ3v) is 3.22. The molecule has 0 heterocycles. The molecule has 0 bridgehead atoms. The van der Waals surface area contributed by atoms with Gasteiger partial charge in [-0.15, -0.1) is 0 Å². The highest BCUT2D eigenvalue weighted by atomic mass is 16.3. The van der Waals surface area contributed by atoms with Crippen LogP contribution in [0.2, 0.25) is 0 Å². The van der Waals surface area contributed by atoms with E-state index in [-0.39, 0.29) is 17.2 Å². The maximum Gasteiger partial charge on any atom is 0.273 e. The lowest BCUT2D eigenvalue weighted by Gasteiger charge is -2.08. The van der Waals surface area contributed by atoms with E-state index in [9.17, 15) is 14.7 Å². The fraction of sp³-hybridized carbons (Fsp3) is 0.500. The van der Waals surface area contributed by atoms with Crippen LogP contribution >= 0.6 is 0 Å². The summed E-state index contributed by atoms with van der Waals surface area (Å²) in [4.78, 5) is 23.3. The molecule has 0 fully saturated rings. The Kier molecular flexibility index (Phi) is 7.94. The summed E-state index contributed by atoms with van der Waals surface area (Å²) in [5, 5.41) is 9.52. The van der Waals surface area contributed by atoms with Crippen molar-refractivity contribution in [1.82, 2.24) is 10.9 Å². The minimum absolute atomic E-state index is 0.111. The summed E-state index contributed by atoms with van der Waals surface area (Å²) in [6.45, 7) is 2.17. The molecule has 21 heavy (non-hydrogen) atoms. The first-order chi connectivity index (χ1) is 10.1. The van der Waals surface area contributed by atoms with Gasteiger partial charge < -0.3 is 5.11 Å². The van der Waals surface area contributed by atoms with Gasteiger partial charge in [0.2, 0.25) is 5.91 Å². The van der Waals surface area contributed by atoms with Crippen LogP contribution in [0.4, 0.5) is 0 Å². The number of carbonyl (C=O) groups excluding carboxylic acids is 2. The molecule has 0 saturated heterocycles. The van der Waals surface area contributed by atoms with E-state index < -0.39 is 5.91 Å². The van der Waals surface area contributed by atoms with Gasteiger partial charge in [0, 0.05) is 6.42 Å². The Morgan fingerprint density at radius 2 is 1.67 bits per heavy atom. The highest BCUT2D eigenvalue weighted by molar-refractivity contribution is 5.97. The van der Waals surface area contributed by atoms with Crippen LogP contribution in [0.3, 0.4) is 0 Å². The summed E-state index contributed by atoms with van der Waals surface area (Å²) >= 11 is 0. The van der Waals surface area contributed by atoms with Crippen LogP contribution in [0, 0.1) is 0 Å². The lowest BCUT2D eigenvalue weighted by Crippen LogP contribution is -2.41. The van der Waals surface area contributed by atoms with Gasteiger partial charge in [-0.25, -0.2) is 0 Å². The Bertz CT molecular complexity index is 461. The van der Waals surface area contributed by atoms with Crippen LogP contribution < -0.4 is 10.9 Å². The molecule has 0 aliphatic heterocycles. The van der Waals surface area contributed by atoms with Crippen LogP contribution in [0.1, 0.15) is 62.2 Å². The summed E-state index contributed by atoms with van der Waals surface area (Å²) < 4.78 is 0. The molecule has 1 aromatic carbocycles. The molecular weight excluding hydrogens is 268 g/mol. The molecule has 1 rings (SSSR count). The number of carbonyl (C=O) groups is 2. The second-order valence-electron chi connectivity index (χ2n) is 5.04. The molecule has 116 valence electrons. The molecule has 2 amide bonds. The van der Waals surface area contributed by atoms with Crippen LogP contribution in [0.5, 0.6) is 5.75 Å². The van der Waals surface area contributed by atoms with Gasteiger partial charge in [0.15, 0.2) is 0 Å². The zero-order chi connectivity index (χ0) is 15.5. The van der Waals surface area contributed by atoms with Gasteiger partial charge >= 0.3 is 0 Å². The normalized spacial score (nSPS) is 10.1. The zero-order valence-electron chi connectivity index (χ0n) is 12.5. The van der Waals surface area contributed by atoms with Gasteiger partial charge in [-0.1, -0.05) is 51.2 Å². The van der Waals surface area contributed by atoms with E-state index in [0.29, 0.717) is 6.42 Å². The number of hydrogen-bond acceptors (Lipinski definition) is 3. The maximum absolute atomic E-state index is 11.7. The van der Waals surface area contributed by atoms with Crippen molar-refractivity contribution in [2.24, 2.45) is 0 Å². The average Bonchev–Trinajstić information content (AvgIpc) is 2.49. The van der Waals surface area contributed by atoms with Gasteiger partial charge in [-0.3, -0.25) is 20.4 Å². The zero-order valence-corrected chi connectivity index (χ0v) is 12.5. The Morgan fingerprint density at radius 3 is 2.38 bits per heavy atom. The van der Waals surface area contributed by atoms with Gasteiger partial charge in [0.25, 0.3) is 5.91 Å². The van der Waals surface area contributed by atoms with Crippen molar-refractivity contribution in [1.29, 1.82) is 0 Å². The molecule has 5 nitrogen and oxygen atoms in total. The summed E-state index contributed by atoms with van der Waals surface area (Å²) in [6, 6.07) is 6.19. The first-order valence-electron chi connectivity index (χ1n) is 7.52. The predicted molar refractivity (Wildman–Crippen MR) is 81.7 cm³/mol. The second-order valence-corrected chi connectivity index (χ2v) is 5.04. The molecule has 0 spiro atoms. The molecule has 5 heteroatoms. The number of unbranched alkanes of at least 4 members (excludes halogenated alkanes) is 5. The Hall–Kier alpha value is -2.04. The lowest BCUT2D eigenvalue weighted by molar-refractivity contribution is -0.122. The molecule has 0 aliphatic carbocycles. The Morgan fingerprint density at radius 1 is 1.00 bits per heavy atom. The molecule has 1 aromatic rings. The van der Waals surface area contributed by atoms with E-state index in [2.05, 4.69) is 17.8 Å². The summed E-state index contributed by atoms with van der Waals surface area (Å²) in [7, 11) is 0. The predicted octanol–water partition coefficient (Wildman–Crippen LogP) is 2.90. The molecule has 0 aliphatic rings. The van der Waals surface area contributed by atoms with E-state index in [1.807, 2.05) is 0 Å². The highest BCUT2D eigenvalue weighted by Crippen LogP contribution is 2.14. The molecule has 0 saturated carbocycles. The van der Waals surface area contributed by atoms with Crippen molar-refractivity contribution >= 4 is 11.8 Å². The fourth-order valence-corrected chi connectivity index (χ4v) is 1.99. The van der Waals surface area contributed by atoms with Gasteiger partial charge in [-0.2, -0.15) is 0 Å². The van der Waals surface area contributed by atoms with Crippen molar-refractivity contribution in [2.45, 2.75) is 51.9 Å². The molecular formula is C16H24N2O3. The Balaban J connectivity index is 2.18. The quantitative estimate of drug-likeness (QED) is 0.509. The number of phenolic OH excluding ortho intramolecular Hbond substituents is 1. The largest absolute Gasteiger partial charge is 0.507 e. The third-order valence-electron chi connectivity index (χ3n) is 3.22. The van der Waals surface area contributed by atoms with E-state index in [1.54, 1.807) is 12.1 Å². The maximum atomic E-state index is 11.7.